The first-order chi connectivity index (χ1) is 16.0. The third-order valence-corrected chi connectivity index (χ3v) is 4.75. The first-order valence-electron chi connectivity index (χ1n) is 10.4. The molecule has 0 unspecified atom stereocenters. The SMILES string of the molecule is CCOC(=O)c1c([N+](=O)[O-])c(-c2ccccc2)n(COCCOC(C)=O)c1-c1ccccc1. The van der Waals surface area contributed by atoms with Gasteiger partial charge in [0.25, 0.3) is 0 Å². The lowest BCUT2D eigenvalue weighted by Gasteiger charge is -2.14. The van der Waals surface area contributed by atoms with Crippen LogP contribution in [0.3, 0.4) is 0 Å². The lowest BCUT2D eigenvalue weighted by molar-refractivity contribution is -0.384. The summed E-state index contributed by atoms with van der Waals surface area (Å²) in [6, 6.07) is 17.6. The monoisotopic (exact) mass is 452 g/mol. The molecule has 0 aliphatic heterocycles. The van der Waals surface area contributed by atoms with Gasteiger partial charge in [-0.05, 0) is 12.5 Å². The fourth-order valence-corrected chi connectivity index (χ4v) is 3.49. The number of hydrogen-bond donors (Lipinski definition) is 0. The number of rotatable bonds is 10. The molecule has 0 atom stereocenters. The van der Waals surface area contributed by atoms with Gasteiger partial charge < -0.3 is 18.8 Å². The molecule has 172 valence electrons. The summed E-state index contributed by atoms with van der Waals surface area (Å²) in [6.45, 7) is 2.99. The van der Waals surface area contributed by atoms with Crippen molar-refractivity contribution >= 4 is 17.6 Å². The van der Waals surface area contributed by atoms with Gasteiger partial charge in [-0.15, -0.1) is 0 Å². The van der Waals surface area contributed by atoms with Crippen molar-refractivity contribution < 1.29 is 28.7 Å². The quantitative estimate of drug-likeness (QED) is 0.193. The fourth-order valence-electron chi connectivity index (χ4n) is 3.49. The summed E-state index contributed by atoms with van der Waals surface area (Å²) in [6.07, 6.45) is 0. The van der Waals surface area contributed by atoms with Crippen LogP contribution >= 0.6 is 0 Å². The molecule has 33 heavy (non-hydrogen) atoms. The fraction of sp³-hybridized carbons (Fsp3) is 0.250. The third-order valence-electron chi connectivity index (χ3n) is 4.75. The maximum atomic E-state index is 13.0. The van der Waals surface area contributed by atoms with Crippen molar-refractivity contribution in [3.8, 4) is 22.5 Å². The van der Waals surface area contributed by atoms with Crippen LogP contribution in [-0.2, 0) is 25.7 Å². The zero-order valence-corrected chi connectivity index (χ0v) is 18.4. The molecule has 9 nitrogen and oxygen atoms in total. The summed E-state index contributed by atoms with van der Waals surface area (Å²) in [7, 11) is 0. The molecule has 0 aliphatic carbocycles. The second-order valence-corrected chi connectivity index (χ2v) is 6.94. The molecule has 0 bridgehead atoms. The summed E-state index contributed by atoms with van der Waals surface area (Å²) in [5.74, 6) is -1.23. The summed E-state index contributed by atoms with van der Waals surface area (Å²) in [5.41, 5.74) is 1.16. The molecular weight excluding hydrogens is 428 g/mol. The van der Waals surface area contributed by atoms with E-state index >= 15 is 0 Å². The molecule has 2 aromatic carbocycles. The van der Waals surface area contributed by atoms with Gasteiger partial charge in [0, 0.05) is 12.5 Å². The Morgan fingerprint density at radius 2 is 1.48 bits per heavy atom. The van der Waals surface area contributed by atoms with E-state index in [0.29, 0.717) is 16.8 Å². The molecule has 1 aromatic heterocycles. The normalized spacial score (nSPS) is 10.6. The topological polar surface area (TPSA) is 110 Å². The number of carbonyl (C=O) groups excluding carboxylic acids is 2. The first kappa shape index (κ1) is 23.7. The highest BCUT2D eigenvalue weighted by Crippen LogP contribution is 2.43. The van der Waals surface area contributed by atoms with E-state index in [1.807, 2.05) is 6.07 Å². The number of aromatic nitrogens is 1. The predicted molar refractivity (Wildman–Crippen MR) is 120 cm³/mol. The van der Waals surface area contributed by atoms with Crippen molar-refractivity contribution in [1.82, 2.24) is 4.57 Å². The lowest BCUT2D eigenvalue weighted by Crippen LogP contribution is -2.12. The van der Waals surface area contributed by atoms with E-state index in [9.17, 15) is 19.7 Å². The van der Waals surface area contributed by atoms with E-state index < -0.39 is 16.9 Å². The minimum atomic E-state index is -0.793. The van der Waals surface area contributed by atoms with Crippen LogP contribution in [0.5, 0.6) is 0 Å². The Hall–Kier alpha value is -3.98. The van der Waals surface area contributed by atoms with Crippen LogP contribution in [0, 0.1) is 10.1 Å². The number of ether oxygens (including phenoxy) is 3. The van der Waals surface area contributed by atoms with Gasteiger partial charge in [0.1, 0.15) is 19.0 Å². The van der Waals surface area contributed by atoms with E-state index in [2.05, 4.69) is 0 Å². The highest BCUT2D eigenvalue weighted by Gasteiger charge is 2.37. The standard InChI is InChI=1S/C24H24N2O7/c1-3-32-24(28)20-21(18-10-6-4-7-11-18)25(16-31-14-15-33-17(2)27)22(23(20)26(29)30)19-12-8-5-9-13-19/h4-13H,3,14-16H2,1-2H3. The Kier molecular flexibility index (Phi) is 7.93. The average molecular weight is 452 g/mol. The zero-order chi connectivity index (χ0) is 23.8. The molecule has 3 rings (SSSR count). The Morgan fingerprint density at radius 1 is 0.909 bits per heavy atom. The summed E-state index contributed by atoms with van der Waals surface area (Å²) in [5, 5.41) is 12.3. The molecular formula is C24H24N2O7. The molecule has 0 N–H and O–H groups in total. The van der Waals surface area contributed by atoms with Gasteiger partial charge in [-0.3, -0.25) is 14.9 Å². The van der Waals surface area contributed by atoms with Crippen molar-refractivity contribution in [2.24, 2.45) is 0 Å². The number of hydrogen-bond acceptors (Lipinski definition) is 7. The second-order valence-electron chi connectivity index (χ2n) is 6.94. The summed E-state index contributed by atoms with van der Waals surface area (Å²) >= 11 is 0. The molecule has 0 spiro atoms. The molecule has 9 heteroatoms. The lowest BCUT2D eigenvalue weighted by atomic mass is 10.1. The molecule has 0 radical (unpaired) electrons. The number of carbonyl (C=O) groups is 2. The van der Waals surface area contributed by atoms with Crippen LogP contribution in [0.4, 0.5) is 5.69 Å². The van der Waals surface area contributed by atoms with E-state index in [4.69, 9.17) is 14.2 Å². The zero-order valence-electron chi connectivity index (χ0n) is 18.4. The first-order valence-corrected chi connectivity index (χ1v) is 10.4. The van der Waals surface area contributed by atoms with Crippen molar-refractivity contribution in [3.63, 3.8) is 0 Å². The van der Waals surface area contributed by atoms with Crippen LogP contribution in [0.15, 0.2) is 60.7 Å². The Labute approximate surface area is 190 Å². The smallest absolute Gasteiger partial charge is 0.347 e. The van der Waals surface area contributed by atoms with Crippen LogP contribution in [0.1, 0.15) is 24.2 Å². The van der Waals surface area contributed by atoms with Crippen molar-refractivity contribution in [2.45, 2.75) is 20.6 Å². The summed E-state index contributed by atoms with van der Waals surface area (Å²) in [4.78, 5) is 35.7. The van der Waals surface area contributed by atoms with Crippen molar-refractivity contribution in [1.29, 1.82) is 0 Å². The maximum absolute atomic E-state index is 13.0. The molecule has 0 aliphatic rings. The van der Waals surface area contributed by atoms with Gasteiger partial charge in [0.2, 0.25) is 0 Å². The van der Waals surface area contributed by atoms with Gasteiger partial charge in [0.05, 0.1) is 23.8 Å². The van der Waals surface area contributed by atoms with E-state index in [-0.39, 0.29) is 43.5 Å². The highest BCUT2D eigenvalue weighted by molar-refractivity contribution is 6.04. The van der Waals surface area contributed by atoms with Crippen molar-refractivity contribution in [3.05, 3.63) is 76.3 Å². The average Bonchev–Trinajstić information content (AvgIpc) is 3.15. The molecule has 0 saturated heterocycles. The number of nitro groups is 1. The number of benzene rings is 2. The largest absolute Gasteiger partial charge is 0.463 e. The predicted octanol–water partition coefficient (Wildman–Crippen LogP) is 4.44. The van der Waals surface area contributed by atoms with Gasteiger partial charge in [-0.1, -0.05) is 60.7 Å². The highest BCUT2D eigenvalue weighted by atomic mass is 16.6. The molecule has 0 fully saturated rings. The Morgan fingerprint density at radius 3 is 2.00 bits per heavy atom. The van der Waals surface area contributed by atoms with Gasteiger partial charge in [0.15, 0.2) is 5.56 Å². The van der Waals surface area contributed by atoms with Crippen LogP contribution in [0.2, 0.25) is 0 Å². The molecule has 0 amide bonds. The van der Waals surface area contributed by atoms with E-state index in [1.54, 1.807) is 66.1 Å². The van der Waals surface area contributed by atoms with Gasteiger partial charge in [-0.25, -0.2) is 4.79 Å². The third kappa shape index (κ3) is 5.45. The number of esters is 2. The Bertz CT molecular complexity index is 1120. The van der Waals surface area contributed by atoms with E-state index in [1.165, 1.54) is 6.92 Å². The summed E-state index contributed by atoms with van der Waals surface area (Å²) < 4.78 is 17.4. The minimum absolute atomic E-state index is 0.0325. The van der Waals surface area contributed by atoms with Crippen LogP contribution in [-0.4, -0.2) is 41.2 Å². The number of nitrogens with zero attached hydrogens (tertiary/aromatic N) is 2. The maximum Gasteiger partial charge on any atom is 0.347 e. The van der Waals surface area contributed by atoms with Gasteiger partial charge >= 0.3 is 17.6 Å². The molecule has 1 heterocycles. The van der Waals surface area contributed by atoms with E-state index in [0.717, 1.165) is 0 Å². The van der Waals surface area contributed by atoms with Crippen LogP contribution in [0.25, 0.3) is 22.5 Å². The molecule has 3 aromatic rings. The second kappa shape index (κ2) is 11.1. The molecule has 0 saturated carbocycles. The Balaban J connectivity index is 2.24. The van der Waals surface area contributed by atoms with Crippen molar-refractivity contribution in [2.75, 3.05) is 19.8 Å². The minimum Gasteiger partial charge on any atom is -0.463 e. The van der Waals surface area contributed by atoms with Gasteiger partial charge in [-0.2, -0.15) is 0 Å². The van der Waals surface area contributed by atoms with Crippen LogP contribution < -0.4 is 0 Å².